The van der Waals surface area contributed by atoms with Crippen molar-refractivity contribution in [3.63, 3.8) is 0 Å². The summed E-state index contributed by atoms with van der Waals surface area (Å²) in [5.74, 6) is 0.285. The van der Waals surface area contributed by atoms with Crippen LogP contribution in [-0.4, -0.2) is 13.3 Å². The lowest BCUT2D eigenvalue weighted by molar-refractivity contribution is -0.384. The maximum Gasteiger partial charge on any atom is 0.269 e. The number of nitrogens with two attached hydrogens (primary N) is 1. The highest BCUT2D eigenvalue weighted by atomic mass is 32.2. The number of benzene rings is 2. The standard InChI is InChI=1S/C18H17N3O4S/c19-26(24,25)13-8-9-17-16(10-13)14-2-1-3-15(14)18(20-17)11-4-6-12(7-5-11)21(22)23/h1-2,4-10,14-15,18,20H,3H2,(H2,19,24,25)/t14-,15-,18+/m1/s1. The Kier molecular flexibility index (Phi) is 3.82. The van der Waals surface area contributed by atoms with Crippen molar-refractivity contribution >= 4 is 21.4 Å². The van der Waals surface area contributed by atoms with E-state index in [9.17, 15) is 18.5 Å². The maximum atomic E-state index is 11.7. The predicted octanol–water partition coefficient (Wildman–Crippen LogP) is 3.07. The molecule has 0 bridgehead atoms. The zero-order valence-electron chi connectivity index (χ0n) is 13.7. The predicted molar refractivity (Wildman–Crippen MR) is 97.3 cm³/mol. The molecule has 3 N–H and O–H groups in total. The fourth-order valence-corrected chi connectivity index (χ4v) is 4.43. The molecule has 134 valence electrons. The molecule has 0 radical (unpaired) electrons. The Morgan fingerprint density at radius 2 is 1.88 bits per heavy atom. The van der Waals surface area contributed by atoms with Crippen LogP contribution in [0.1, 0.15) is 29.5 Å². The van der Waals surface area contributed by atoms with Gasteiger partial charge in [-0.25, -0.2) is 13.6 Å². The van der Waals surface area contributed by atoms with E-state index in [1.165, 1.54) is 18.2 Å². The number of fused-ring (bicyclic) bond motifs is 3. The highest BCUT2D eigenvalue weighted by Gasteiger charge is 2.38. The van der Waals surface area contributed by atoms with Gasteiger partial charge in [-0.15, -0.1) is 0 Å². The molecule has 3 atom stereocenters. The van der Waals surface area contributed by atoms with Crippen LogP contribution < -0.4 is 10.5 Å². The molecule has 2 aromatic rings. The Labute approximate surface area is 150 Å². The van der Waals surface area contributed by atoms with Crippen molar-refractivity contribution in [2.45, 2.75) is 23.3 Å². The van der Waals surface area contributed by atoms with Crippen LogP contribution in [0.3, 0.4) is 0 Å². The number of allylic oxidation sites excluding steroid dienone is 2. The Balaban J connectivity index is 1.74. The van der Waals surface area contributed by atoms with E-state index in [0.29, 0.717) is 0 Å². The number of non-ortho nitro benzene ring substituents is 1. The van der Waals surface area contributed by atoms with Crippen LogP contribution in [0.25, 0.3) is 0 Å². The van der Waals surface area contributed by atoms with E-state index < -0.39 is 14.9 Å². The molecule has 1 heterocycles. The number of nitrogens with one attached hydrogen (secondary N) is 1. The van der Waals surface area contributed by atoms with Crippen molar-refractivity contribution in [1.82, 2.24) is 0 Å². The number of primary sulfonamides is 1. The molecule has 0 saturated carbocycles. The first-order valence-electron chi connectivity index (χ1n) is 8.19. The maximum absolute atomic E-state index is 11.7. The van der Waals surface area contributed by atoms with Gasteiger partial charge in [0.1, 0.15) is 0 Å². The van der Waals surface area contributed by atoms with Crippen molar-refractivity contribution < 1.29 is 13.3 Å². The first-order chi connectivity index (χ1) is 12.3. The zero-order valence-corrected chi connectivity index (χ0v) is 14.5. The summed E-state index contributed by atoms with van der Waals surface area (Å²) < 4.78 is 23.3. The number of nitro benzene ring substituents is 1. The summed E-state index contributed by atoms with van der Waals surface area (Å²) in [6.45, 7) is 0. The van der Waals surface area contributed by atoms with E-state index >= 15 is 0 Å². The van der Waals surface area contributed by atoms with Crippen LogP contribution in [0.5, 0.6) is 0 Å². The Hall–Kier alpha value is -2.71. The minimum atomic E-state index is -3.76. The second-order valence-corrected chi connectivity index (χ2v) is 8.18. The summed E-state index contributed by atoms with van der Waals surface area (Å²) in [6.07, 6.45) is 5.03. The Bertz CT molecular complexity index is 1020. The molecular weight excluding hydrogens is 354 g/mol. The van der Waals surface area contributed by atoms with Gasteiger partial charge in [0.15, 0.2) is 0 Å². The summed E-state index contributed by atoms with van der Waals surface area (Å²) in [6, 6.07) is 11.4. The molecule has 1 aliphatic heterocycles. The van der Waals surface area contributed by atoms with Gasteiger partial charge in [0, 0.05) is 23.7 Å². The summed E-state index contributed by atoms with van der Waals surface area (Å²) in [4.78, 5) is 10.6. The van der Waals surface area contributed by atoms with Crippen molar-refractivity contribution in [2.24, 2.45) is 11.1 Å². The summed E-state index contributed by atoms with van der Waals surface area (Å²) in [5.41, 5.74) is 2.79. The molecule has 26 heavy (non-hydrogen) atoms. The van der Waals surface area contributed by atoms with Crippen LogP contribution in [0.2, 0.25) is 0 Å². The quantitative estimate of drug-likeness (QED) is 0.489. The highest BCUT2D eigenvalue weighted by molar-refractivity contribution is 7.89. The third-order valence-corrected chi connectivity index (χ3v) is 6.04. The Morgan fingerprint density at radius 3 is 2.54 bits per heavy atom. The fourth-order valence-electron chi connectivity index (χ4n) is 3.88. The second-order valence-electron chi connectivity index (χ2n) is 6.62. The van der Waals surface area contributed by atoms with Crippen molar-refractivity contribution in [2.75, 3.05) is 5.32 Å². The first-order valence-corrected chi connectivity index (χ1v) is 9.73. The van der Waals surface area contributed by atoms with Crippen LogP contribution in [0.15, 0.2) is 59.5 Å². The molecule has 8 heteroatoms. The van der Waals surface area contributed by atoms with Gasteiger partial charge >= 0.3 is 0 Å². The monoisotopic (exact) mass is 371 g/mol. The highest BCUT2D eigenvalue weighted by Crippen LogP contribution is 2.50. The van der Waals surface area contributed by atoms with Gasteiger partial charge in [-0.3, -0.25) is 10.1 Å². The Morgan fingerprint density at radius 1 is 1.15 bits per heavy atom. The third-order valence-electron chi connectivity index (χ3n) is 5.13. The average Bonchev–Trinajstić information content (AvgIpc) is 3.10. The summed E-state index contributed by atoms with van der Waals surface area (Å²) >= 11 is 0. The molecule has 1 aliphatic carbocycles. The zero-order chi connectivity index (χ0) is 18.5. The van der Waals surface area contributed by atoms with E-state index in [1.54, 1.807) is 24.3 Å². The molecule has 0 aromatic heterocycles. The molecule has 0 fully saturated rings. The second kappa shape index (κ2) is 5.93. The first kappa shape index (κ1) is 16.7. The minimum absolute atomic E-state index is 0.0105. The van der Waals surface area contributed by atoms with Gasteiger partial charge < -0.3 is 5.32 Å². The van der Waals surface area contributed by atoms with Gasteiger partial charge in [0.05, 0.1) is 15.9 Å². The lowest BCUT2D eigenvalue weighted by atomic mass is 9.77. The van der Waals surface area contributed by atoms with Gasteiger partial charge in [-0.05, 0) is 41.7 Å². The molecule has 2 aliphatic rings. The lowest BCUT2D eigenvalue weighted by Crippen LogP contribution is -2.29. The SMILES string of the molecule is NS(=O)(=O)c1ccc2c(c1)[C@@H]1C=CC[C@H]1[C@H](c1ccc([N+](=O)[O-])cc1)N2. The molecule has 0 saturated heterocycles. The number of nitro groups is 1. The fraction of sp³-hybridized carbons (Fsp3) is 0.222. The number of anilines is 1. The molecule has 4 rings (SSSR count). The van der Waals surface area contributed by atoms with Gasteiger partial charge in [-0.2, -0.15) is 0 Å². The number of sulfonamides is 1. The normalized spacial score (nSPS) is 23.8. The van der Waals surface area contributed by atoms with Crippen LogP contribution in [-0.2, 0) is 10.0 Å². The number of rotatable bonds is 3. The number of nitrogens with zero attached hydrogens (tertiary/aromatic N) is 1. The average molecular weight is 371 g/mol. The summed E-state index contributed by atoms with van der Waals surface area (Å²) in [7, 11) is -3.76. The molecular formula is C18H17N3O4S. The number of hydrogen-bond acceptors (Lipinski definition) is 5. The molecule has 7 nitrogen and oxygen atoms in total. The van der Waals surface area contributed by atoms with Crippen molar-refractivity contribution in [3.8, 4) is 0 Å². The van der Waals surface area contributed by atoms with Crippen LogP contribution in [0.4, 0.5) is 11.4 Å². The lowest BCUT2D eigenvalue weighted by Gasteiger charge is -2.37. The molecule has 2 aromatic carbocycles. The van der Waals surface area contributed by atoms with Gasteiger partial charge in [0.25, 0.3) is 5.69 Å². The van der Waals surface area contributed by atoms with E-state index in [4.69, 9.17) is 5.14 Å². The van der Waals surface area contributed by atoms with Gasteiger partial charge in [-0.1, -0.05) is 24.3 Å². The van der Waals surface area contributed by atoms with Crippen LogP contribution >= 0.6 is 0 Å². The third kappa shape index (κ3) is 2.77. The molecule has 0 unspecified atom stereocenters. The van der Waals surface area contributed by atoms with E-state index in [2.05, 4.69) is 17.5 Å². The topological polar surface area (TPSA) is 115 Å². The van der Waals surface area contributed by atoms with Crippen molar-refractivity contribution in [3.05, 3.63) is 75.9 Å². The van der Waals surface area contributed by atoms with Gasteiger partial charge in [0.2, 0.25) is 10.0 Å². The molecule has 0 amide bonds. The van der Waals surface area contributed by atoms with E-state index in [-0.39, 0.29) is 28.5 Å². The van der Waals surface area contributed by atoms with E-state index in [0.717, 1.165) is 23.2 Å². The number of hydrogen-bond donors (Lipinski definition) is 2. The smallest absolute Gasteiger partial charge is 0.269 e. The van der Waals surface area contributed by atoms with E-state index in [1.807, 2.05) is 0 Å². The summed E-state index contributed by atoms with van der Waals surface area (Å²) in [5, 5.41) is 19.6. The van der Waals surface area contributed by atoms with Crippen molar-refractivity contribution in [1.29, 1.82) is 0 Å². The largest absolute Gasteiger partial charge is 0.378 e. The molecule has 0 spiro atoms. The minimum Gasteiger partial charge on any atom is -0.378 e. The van der Waals surface area contributed by atoms with Crippen LogP contribution in [0, 0.1) is 16.0 Å².